The third-order valence-electron chi connectivity index (χ3n) is 2.30. The van der Waals surface area contributed by atoms with Gasteiger partial charge in [-0.3, -0.25) is 4.79 Å². The molecule has 0 saturated carbocycles. The van der Waals surface area contributed by atoms with Crippen molar-refractivity contribution >= 4 is 5.91 Å². The van der Waals surface area contributed by atoms with Crippen molar-refractivity contribution in [2.75, 3.05) is 27.3 Å². The van der Waals surface area contributed by atoms with Gasteiger partial charge in [-0.05, 0) is 18.8 Å². The summed E-state index contributed by atoms with van der Waals surface area (Å²) in [6.45, 7) is 1.65. The zero-order chi connectivity index (χ0) is 8.97. The van der Waals surface area contributed by atoms with E-state index in [9.17, 15) is 4.79 Å². The van der Waals surface area contributed by atoms with Crippen molar-refractivity contribution in [3.05, 3.63) is 0 Å². The fourth-order valence-corrected chi connectivity index (χ4v) is 1.38. The molecule has 70 valence electrons. The second kappa shape index (κ2) is 4.45. The van der Waals surface area contributed by atoms with E-state index in [4.69, 9.17) is 4.74 Å². The molecular formula is C9H17NO2. The Hall–Kier alpha value is -0.570. The molecule has 1 rings (SSSR count). The molecule has 0 aromatic heterocycles. The van der Waals surface area contributed by atoms with Crippen LogP contribution in [0.5, 0.6) is 0 Å². The summed E-state index contributed by atoms with van der Waals surface area (Å²) in [6, 6.07) is 0. The summed E-state index contributed by atoms with van der Waals surface area (Å²) in [5.41, 5.74) is 0. The average Bonchev–Trinajstić information content (AvgIpc) is 2.06. The van der Waals surface area contributed by atoms with Gasteiger partial charge in [0.05, 0.1) is 0 Å². The summed E-state index contributed by atoms with van der Waals surface area (Å²) < 4.78 is 5.22. The van der Waals surface area contributed by atoms with Crippen LogP contribution in [0, 0.1) is 5.92 Å². The van der Waals surface area contributed by atoms with Crippen molar-refractivity contribution < 1.29 is 9.53 Å². The quantitative estimate of drug-likeness (QED) is 0.617. The number of nitrogens with zero attached hydrogens (tertiary/aromatic N) is 1. The lowest BCUT2D eigenvalue weighted by atomic mass is 9.96. The van der Waals surface area contributed by atoms with Crippen molar-refractivity contribution in [1.82, 2.24) is 4.90 Å². The summed E-state index contributed by atoms with van der Waals surface area (Å²) >= 11 is 0. The fourth-order valence-electron chi connectivity index (χ4n) is 1.38. The lowest BCUT2D eigenvalue weighted by Gasteiger charge is -2.22. The summed E-state index contributed by atoms with van der Waals surface area (Å²) in [4.78, 5) is 13.0. The number of rotatable bonds is 2. The molecule has 0 atom stereocenters. The molecule has 1 heterocycles. The van der Waals surface area contributed by atoms with Crippen LogP contribution >= 0.6 is 0 Å². The molecule has 1 amide bonds. The smallest absolute Gasteiger partial charge is 0.222 e. The third kappa shape index (κ3) is 2.81. The predicted octanol–water partition coefficient (Wildman–Crippen LogP) is 0.891. The highest BCUT2D eigenvalue weighted by Gasteiger charge is 2.17. The van der Waals surface area contributed by atoms with Crippen molar-refractivity contribution in [1.29, 1.82) is 0 Å². The van der Waals surface area contributed by atoms with Gasteiger partial charge in [-0.2, -0.15) is 0 Å². The van der Waals surface area contributed by atoms with Gasteiger partial charge in [-0.25, -0.2) is 0 Å². The Kier molecular flexibility index (Phi) is 3.53. The Morgan fingerprint density at radius 1 is 1.42 bits per heavy atom. The van der Waals surface area contributed by atoms with Gasteiger partial charge in [0, 0.05) is 33.7 Å². The van der Waals surface area contributed by atoms with Gasteiger partial charge in [0.25, 0.3) is 0 Å². The molecule has 0 radical (unpaired) electrons. The summed E-state index contributed by atoms with van der Waals surface area (Å²) in [5, 5.41) is 0. The number of hydrogen-bond acceptors (Lipinski definition) is 2. The predicted molar refractivity (Wildman–Crippen MR) is 46.9 cm³/mol. The molecule has 3 nitrogen and oxygen atoms in total. The first-order chi connectivity index (χ1) is 5.70. The van der Waals surface area contributed by atoms with Crippen LogP contribution in [0.2, 0.25) is 0 Å². The average molecular weight is 171 g/mol. The van der Waals surface area contributed by atoms with Crippen LogP contribution in [-0.2, 0) is 9.53 Å². The van der Waals surface area contributed by atoms with Crippen molar-refractivity contribution in [3.8, 4) is 0 Å². The molecule has 1 aliphatic rings. The molecule has 3 heteroatoms. The van der Waals surface area contributed by atoms with E-state index in [0.717, 1.165) is 26.1 Å². The van der Waals surface area contributed by atoms with E-state index >= 15 is 0 Å². The topological polar surface area (TPSA) is 29.5 Å². The SMILES string of the molecule is CN(C)C(=O)CC1CCOCC1. The Labute approximate surface area is 73.7 Å². The van der Waals surface area contributed by atoms with Crippen molar-refractivity contribution in [3.63, 3.8) is 0 Å². The molecule has 1 fully saturated rings. The molecule has 1 aliphatic heterocycles. The maximum absolute atomic E-state index is 11.3. The number of amides is 1. The van der Waals surface area contributed by atoms with E-state index in [0.29, 0.717) is 12.3 Å². The summed E-state index contributed by atoms with van der Waals surface area (Å²) in [5.74, 6) is 0.788. The van der Waals surface area contributed by atoms with Gasteiger partial charge >= 0.3 is 0 Å². The maximum Gasteiger partial charge on any atom is 0.222 e. The summed E-state index contributed by atoms with van der Waals surface area (Å²) in [6.07, 6.45) is 2.77. The Balaban J connectivity index is 2.24. The molecule has 1 saturated heterocycles. The second-order valence-corrected chi connectivity index (χ2v) is 3.55. The molecule has 0 bridgehead atoms. The first-order valence-electron chi connectivity index (χ1n) is 4.48. The van der Waals surface area contributed by atoms with Gasteiger partial charge in [0.1, 0.15) is 0 Å². The highest BCUT2D eigenvalue weighted by atomic mass is 16.5. The van der Waals surface area contributed by atoms with Crippen LogP contribution in [0.15, 0.2) is 0 Å². The van der Waals surface area contributed by atoms with Crippen LogP contribution in [0.25, 0.3) is 0 Å². The molecule has 0 unspecified atom stereocenters. The van der Waals surface area contributed by atoms with Crippen molar-refractivity contribution in [2.45, 2.75) is 19.3 Å². The highest BCUT2D eigenvalue weighted by Crippen LogP contribution is 2.18. The first-order valence-corrected chi connectivity index (χ1v) is 4.48. The first kappa shape index (κ1) is 9.52. The molecule has 0 spiro atoms. The van der Waals surface area contributed by atoms with Crippen molar-refractivity contribution in [2.24, 2.45) is 5.92 Å². The minimum Gasteiger partial charge on any atom is -0.381 e. The summed E-state index contributed by atoms with van der Waals surface area (Å²) in [7, 11) is 3.61. The number of hydrogen-bond donors (Lipinski definition) is 0. The normalized spacial score (nSPS) is 19.2. The molecule has 0 aliphatic carbocycles. The van der Waals surface area contributed by atoms with Crippen LogP contribution in [-0.4, -0.2) is 38.1 Å². The minimum atomic E-state index is 0.238. The monoisotopic (exact) mass is 171 g/mol. The van der Waals surface area contributed by atoms with E-state index < -0.39 is 0 Å². The second-order valence-electron chi connectivity index (χ2n) is 3.55. The zero-order valence-electron chi connectivity index (χ0n) is 7.88. The van der Waals surface area contributed by atoms with Crippen LogP contribution in [0.1, 0.15) is 19.3 Å². The van der Waals surface area contributed by atoms with E-state index in [-0.39, 0.29) is 5.91 Å². The van der Waals surface area contributed by atoms with E-state index in [2.05, 4.69) is 0 Å². The lowest BCUT2D eigenvalue weighted by molar-refractivity contribution is -0.130. The van der Waals surface area contributed by atoms with Crippen LogP contribution < -0.4 is 0 Å². The largest absolute Gasteiger partial charge is 0.381 e. The third-order valence-corrected chi connectivity index (χ3v) is 2.30. The highest BCUT2D eigenvalue weighted by molar-refractivity contribution is 5.75. The molecule has 0 N–H and O–H groups in total. The van der Waals surface area contributed by atoms with Gasteiger partial charge in [0.15, 0.2) is 0 Å². The molecule has 12 heavy (non-hydrogen) atoms. The fraction of sp³-hybridized carbons (Fsp3) is 0.889. The van der Waals surface area contributed by atoms with E-state index in [1.54, 1.807) is 4.90 Å². The molecular weight excluding hydrogens is 154 g/mol. The zero-order valence-corrected chi connectivity index (χ0v) is 7.88. The Morgan fingerprint density at radius 2 is 2.00 bits per heavy atom. The van der Waals surface area contributed by atoms with E-state index in [1.807, 2.05) is 14.1 Å². The Bertz CT molecular complexity index is 151. The van der Waals surface area contributed by atoms with E-state index in [1.165, 1.54) is 0 Å². The number of ether oxygens (including phenoxy) is 1. The van der Waals surface area contributed by atoms with Crippen LogP contribution in [0.4, 0.5) is 0 Å². The molecule has 0 aromatic rings. The Morgan fingerprint density at radius 3 is 2.50 bits per heavy atom. The van der Waals surface area contributed by atoms with Gasteiger partial charge in [-0.1, -0.05) is 0 Å². The number of carbonyl (C=O) groups is 1. The standard InChI is InChI=1S/C9H17NO2/c1-10(2)9(11)7-8-3-5-12-6-4-8/h8H,3-7H2,1-2H3. The van der Waals surface area contributed by atoms with Crippen LogP contribution in [0.3, 0.4) is 0 Å². The minimum absolute atomic E-state index is 0.238. The molecule has 0 aromatic carbocycles. The van der Waals surface area contributed by atoms with Gasteiger partial charge in [0.2, 0.25) is 5.91 Å². The maximum atomic E-state index is 11.3. The number of carbonyl (C=O) groups excluding carboxylic acids is 1. The van der Waals surface area contributed by atoms with Gasteiger partial charge in [-0.15, -0.1) is 0 Å². The van der Waals surface area contributed by atoms with Gasteiger partial charge < -0.3 is 9.64 Å². The lowest BCUT2D eigenvalue weighted by Crippen LogP contribution is -2.26.